The van der Waals surface area contributed by atoms with E-state index in [1.807, 2.05) is 36.4 Å². The Morgan fingerprint density at radius 3 is 2.24 bits per heavy atom. The van der Waals surface area contributed by atoms with Crippen LogP contribution in [0, 0.1) is 5.92 Å². The molecular formula is C19H21N3O3. The Balaban J connectivity index is 1.71. The Hall–Kier alpha value is -2.57. The number of methoxy groups -OCH3 is 2. The summed E-state index contributed by atoms with van der Waals surface area (Å²) in [5, 5.41) is 3.12. The van der Waals surface area contributed by atoms with E-state index in [2.05, 4.69) is 28.3 Å². The van der Waals surface area contributed by atoms with Crippen LogP contribution in [0.4, 0.5) is 0 Å². The minimum absolute atomic E-state index is 0.00992. The molecule has 4 atom stereocenters. The molecule has 0 spiro atoms. The predicted octanol–water partition coefficient (Wildman–Crippen LogP) is 1.71. The van der Waals surface area contributed by atoms with E-state index >= 15 is 0 Å². The van der Waals surface area contributed by atoms with E-state index in [-0.39, 0.29) is 30.0 Å². The zero-order valence-corrected chi connectivity index (χ0v) is 14.2. The van der Waals surface area contributed by atoms with Crippen molar-refractivity contribution in [2.75, 3.05) is 14.2 Å². The number of ether oxygens (including phenoxy) is 2. The predicted molar refractivity (Wildman–Crippen MR) is 93.2 cm³/mol. The van der Waals surface area contributed by atoms with Crippen LogP contribution < -0.4 is 25.6 Å². The zero-order chi connectivity index (χ0) is 17.4. The molecule has 2 fully saturated rings. The summed E-state index contributed by atoms with van der Waals surface area (Å²) >= 11 is 0. The molecule has 6 heteroatoms. The monoisotopic (exact) mass is 339 g/mol. The summed E-state index contributed by atoms with van der Waals surface area (Å²) < 4.78 is 10.7. The first-order chi connectivity index (χ1) is 12.2. The lowest BCUT2D eigenvalue weighted by Crippen LogP contribution is -2.39. The summed E-state index contributed by atoms with van der Waals surface area (Å²) in [6, 6.07) is 15.7. The molecule has 6 nitrogen and oxygen atoms in total. The number of benzene rings is 2. The Labute approximate surface area is 146 Å². The van der Waals surface area contributed by atoms with Crippen LogP contribution in [-0.4, -0.2) is 26.2 Å². The highest BCUT2D eigenvalue weighted by atomic mass is 16.5. The van der Waals surface area contributed by atoms with Crippen molar-refractivity contribution in [1.82, 2.24) is 16.2 Å². The van der Waals surface area contributed by atoms with Crippen LogP contribution in [0.1, 0.15) is 23.2 Å². The van der Waals surface area contributed by atoms with Gasteiger partial charge in [0.25, 0.3) is 0 Å². The number of amides is 1. The molecule has 4 unspecified atom stereocenters. The van der Waals surface area contributed by atoms with Crippen LogP contribution in [0.2, 0.25) is 0 Å². The minimum Gasteiger partial charge on any atom is -0.493 e. The van der Waals surface area contributed by atoms with Gasteiger partial charge in [-0.1, -0.05) is 36.4 Å². The Bertz CT molecular complexity index is 781. The fourth-order valence-electron chi connectivity index (χ4n) is 3.85. The number of hydrazine groups is 1. The second-order valence-corrected chi connectivity index (χ2v) is 6.33. The van der Waals surface area contributed by atoms with E-state index in [1.54, 1.807) is 14.2 Å². The molecule has 2 aromatic carbocycles. The van der Waals surface area contributed by atoms with Crippen molar-refractivity contribution >= 4 is 5.91 Å². The van der Waals surface area contributed by atoms with Gasteiger partial charge >= 0.3 is 0 Å². The molecule has 0 bridgehead atoms. The summed E-state index contributed by atoms with van der Waals surface area (Å²) in [5.74, 6) is 1.41. The Morgan fingerprint density at radius 2 is 1.52 bits per heavy atom. The van der Waals surface area contributed by atoms with Crippen molar-refractivity contribution in [2.45, 2.75) is 18.1 Å². The van der Waals surface area contributed by atoms with E-state index in [4.69, 9.17) is 9.47 Å². The van der Waals surface area contributed by atoms with Crippen LogP contribution in [-0.2, 0) is 4.79 Å². The van der Waals surface area contributed by atoms with Gasteiger partial charge in [-0.2, -0.15) is 0 Å². The maximum Gasteiger partial charge on any atom is 0.239 e. The van der Waals surface area contributed by atoms with Gasteiger partial charge in [0.05, 0.1) is 26.3 Å². The molecule has 2 aliphatic heterocycles. The minimum atomic E-state index is -0.261. The number of hydrogen-bond acceptors (Lipinski definition) is 5. The summed E-state index contributed by atoms with van der Waals surface area (Å²) in [6.07, 6.45) is 0. The van der Waals surface area contributed by atoms with Gasteiger partial charge in [-0.3, -0.25) is 4.79 Å². The maximum atomic E-state index is 12.4. The number of rotatable bonds is 4. The quantitative estimate of drug-likeness (QED) is 0.791. The lowest BCUT2D eigenvalue weighted by molar-refractivity contribution is -0.121. The largest absolute Gasteiger partial charge is 0.493 e. The third kappa shape index (κ3) is 2.63. The SMILES string of the molecule is COc1ccc(C2NC(=O)C3NNC(c4ccccc4)C32)cc1OC. The molecule has 2 aromatic rings. The summed E-state index contributed by atoms with van der Waals surface area (Å²) in [6.45, 7) is 0. The first-order valence-corrected chi connectivity index (χ1v) is 8.31. The molecule has 130 valence electrons. The molecule has 25 heavy (non-hydrogen) atoms. The average Bonchev–Trinajstić information content (AvgIpc) is 3.23. The Kier molecular flexibility index (Phi) is 4.07. The third-order valence-electron chi connectivity index (χ3n) is 5.05. The second kappa shape index (κ2) is 6.38. The van der Waals surface area contributed by atoms with Gasteiger partial charge < -0.3 is 14.8 Å². The molecule has 2 saturated heterocycles. The van der Waals surface area contributed by atoms with E-state index in [0.29, 0.717) is 11.5 Å². The molecule has 2 heterocycles. The molecule has 0 saturated carbocycles. The van der Waals surface area contributed by atoms with Crippen molar-refractivity contribution in [3.63, 3.8) is 0 Å². The smallest absolute Gasteiger partial charge is 0.239 e. The fraction of sp³-hybridized carbons (Fsp3) is 0.316. The first kappa shape index (κ1) is 15.9. The summed E-state index contributed by atoms with van der Waals surface area (Å²) in [5.41, 5.74) is 8.60. The van der Waals surface area contributed by atoms with Crippen molar-refractivity contribution < 1.29 is 14.3 Å². The second-order valence-electron chi connectivity index (χ2n) is 6.33. The molecule has 3 N–H and O–H groups in total. The van der Waals surface area contributed by atoms with Crippen molar-refractivity contribution in [3.8, 4) is 11.5 Å². The van der Waals surface area contributed by atoms with Crippen molar-refractivity contribution in [2.24, 2.45) is 5.92 Å². The van der Waals surface area contributed by atoms with Gasteiger partial charge in [0, 0.05) is 5.92 Å². The number of fused-ring (bicyclic) bond motifs is 1. The van der Waals surface area contributed by atoms with E-state index in [9.17, 15) is 4.79 Å². The average molecular weight is 339 g/mol. The summed E-state index contributed by atoms with van der Waals surface area (Å²) in [7, 11) is 3.23. The third-order valence-corrected chi connectivity index (χ3v) is 5.05. The number of hydrogen-bond donors (Lipinski definition) is 3. The fourth-order valence-corrected chi connectivity index (χ4v) is 3.85. The number of nitrogens with one attached hydrogen (secondary N) is 3. The highest BCUT2D eigenvalue weighted by Crippen LogP contribution is 2.43. The van der Waals surface area contributed by atoms with E-state index in [1.165, 1.54) is 0 Å². The number of carbonyl (C=O) groups is 1. The molecule has 0 aliphatic carbocycles. The highest BCUT2D eigenvalue weighted by Gasteiger charge is 2.51. The topological polar surface area (TPSA) is 71.6 Å². The molecule has 0 radical (unpaired) electrons. The highest BCUT2D eigenvalue weighted by molar-refractivity contribution is 5.86. The van der Waals surface area contributed by atoms with Crippen LogP contribution in [0.25, 0.3) is 0 Å². The molecule has 0 aromatic heterocycles. The van der Waals surface area contributed by atoms with E-state index in [0.717, 1.165) is 11.1 Å². The lowest BCUT2D eigenvalue weighted by atomic mass is 9.83. The number of carbonyl (C=O) groups excluding carboxylic acids is 1. The lowest BCUT2D eigenvalue weighted by Gasteiger charge is -2.24. The molecule has 2 aliphatic rings. The first-order valence-electron chi connectivity index (χ1n) is 8.31. The van der Waals surface area contributed by atoms with E-state index < -0.39 is 0 Å². The van der Waals surface area contributed by atoms with Crippen LogP contribution >= 0.6 is 0 Å². The van der Waals surface area contributed by atoms with Gasteiger partial charge in [0.15, 0.2) is 11.5 Å². The zero-order valence-electron chi connectivity index (χ0n) is 14.2. The summed E-state index contributed by atoms with van der Waals surface area (Å²) in [4.78, 5) is 12.4. The van der Waals surface area contributed by atoms with Gasteiger partial charge in [-0.25, -0.2) is 10.9 Å². The molecule has 1 amide bonds. The molecular weight excluding hydrogens is 318 g/mol. The van der Waals surface area contributed by atoms with Gasteiger partial charge in [-0.05, 0) is 23.3 Å². The Morgan fingerprint density at radius 1 is 0.800 bits per heavy atom. The van der Waals surface area contributed by atoms with Gasteiger partial charge in [-0.15, -0.1) is 0 Å². The standard InChI is InChI=1S/C19H21N3O3/c1-24-13-9-8-12(10-14(13)25-2)16-15-17(11-6-4-3-5-7-11)21-22-18(15)19(23)20-16/h3-10,15-18,21-22H,1-2H3,(H,20,23). The normalized spacial score (nSPS) is 27.7. The van der Waals surface area contributed by atoms with Gasteiger partial charge in [0.1, 0.15) is 6.04 Å². The van der Waals surface area contributed by atoms with Crippen LogP contribution in [0.3, 0.4) is 0 Å². The van der Waals surface area contributed by atoms with Crippen molar-refractivity contribution in [1.29, 1.82) is 0 Å². The van der Waals surface area contributed by atoms with Crippen molar-refractivity contribution in [3.05, 3.63) is 59.7 Å². The maximum absolute atomic E-state index is 12.4. The van der Waals surface area contributed by atoms with Crippen LogP contribution in [0.15, 0.2) is 48.5 Å². The molecule has 4 rings (SSSR count). The van der Waals surface area contributed by atoms with Crippen LogP contribution in [0.5, 0.6) is 11.5 Å². The van der Waals surface area contributed by atoms with Gasteiger partial charge in [0.2, 0.25) is 5.91 Å².